The van der Waals surface area contributed by atoms with Gasteiger partial charge in [-0.3, -0.25) is 9.59 Å². The Kier molecular flexibility index (Phi) is 7.89. The molecule has 2 heterocycles. The third kappa shape index (κ3) is 5.68. The first-order valence-corrected chi connectivity index (χ1v) is 11.8. The molecule has 0 spiro atoms. The number of carbonyl (C=O) groups is 3. The van der Waals surface area contributed by atoms with E-state index >= 15 is 0 Å². The molecule has 4 rings (SSSR count). The van der Waals surface area contributed by atoms with Gasteiger partial charge in [-0.1, -0.05) is 24.3 Å². The van der Waals surface area contributed by atoms with Crippen molar-refractivity contribution in [2.24, 2.45) is 0 Å². The molecule has 2 amide bonds. The summed E-state index contributed by atoms with van der Waals surface area (Å²) in [5, 5.41) is 2.69. The zero-order valence-electron chi connectivity index (χ0n) is 20.2. The summed E-state index contributed by atoms with van der Waals surface area (Å²) in [4.78, 5) is 40.0. The van der Waals surface area contributed by atoms with Gasteiger partial charge in [0.1, 0.15) is 6.04 Å². The maximum atomic E-state index is 13.0. The van der Waals surface area contributed by atoms with Gasteiger partial charge >= 0.3 is 5.97 Å². The molecule has 3 aromatic rings. The Hall–Kier alpha value is -4.27. The van der Waals surface area contributed by atoms with Crippen LogP contribution in [0.1, 0.15) is 35.5 Å². The second-order valence-corrected chi connectivity index (χ2v) is 8.08. The molecule has 0 saturated heterocycles. The van der Waals surface area contributed by atoms with Crippen LogP contribution < -0.4 is 14.8 Å². The van der Waals surface area contributed by atoms with E-state index in [1.165, 1.54) is 11.2 Å². The van der Waals surface area contributed by atoms with E-state index in [4.69, 9.17) is 18.6 Å². The smallest absolute Gasteiger partial charge is 0.329 e. The number of ether oxygens (including phenoxy) is 3. The van der Waals surface area contributed by atoms with Gasteiger partial charge in [-0.2, -0.15) is 0 Å². The summed E-state index contributed by atoms with van der Waals surface area (Å²) in [5.74, 6) is -0.398. The van der Waals surface area contributed by atoms with Crippen LogP contribution in [0.5, 0.6) is 11.5 Å². The molecule has 0 radical (unpaired) electrons. The van der Waals surface area contributed by atoms with Crippen LogP contribution in [-0.4, -0.2) is 48.5 Å². The predicted octanol–water partition coefficient (Wildman–Crippen LogP) is 3.83. The van der Waals surface area contributed by atoms with Crippen LogP contribution in [0.2, 0.25) is 0 Å². The fourth-order valence-corrected chi connectivity index (χ4v) is 4.05. The molecular weight excluding hydrogens is 464 g/mol. The highest BCUT2D eigenvalue weighted by Gasteiger charge is 2.37. The number of nitrogens with zero attached hydrogens (tertiary/aromatic N) is 1. The lowest BCUT2D eigenvalue weighted by Gasteiger charge is -2.34. The highest BCUT2D eigenvalue weighted by Crippen LogP contribution is 2.31. The quantitative estimate of drug-likeness (QED) is 0.453. The number of hydrogen-bond donors (Lipinski definition) is 1. The standard InChI is InChI=1S/C27H28N2O7/c1-3-33-22-12-11-20(15-24(22)34-4-2)28-25(30)17-36-27(32)21-14-18-8-5-6-9-19(18)16-29(21)26(31)23-10-7-13-35-23/h5-13,15,21H,3-4,14,16-17H2,1-2H3,(H,28,30). The molecule has 9 heteroatoms. The minimum absolute atomic E-state index is 0.130. The molecular formula is C27H28N2O7. The largest absolute Gasteiger partial charge is 0.490 e. The number of carbonyl (C=O) groups excluding carboxylic acids is 3. The lowest BCUT2D eigenvalue weighted by molar-refractivity contribution is -0.152. The Labute approximate surface area is 208 Å². The van der Waals surface area contributed by atoms with Crippen molar-refractivity contribution in [1.82, 2.24) is 4.90 Å². The predicted molar refractivity (Wildman–Crippen MR) is 131 cm³/mol. The van der Waals surface area contributed by atoms with Crippen molar-refractivity contribution in [1.29, 1.82) is 0 Å². The highest BCUT2D eigenvalue weighted by atomic mass is 16.5. The second kappa shape index (κ2) is 11.4. The molecule has 1 aromatic heterocycles. The van der Waals surface area contributed by atoms with Crippen LogP contribution in [-0.2, 0) is 27.3 Å². The van der Waals surface area contributed by atoms with Crippen LogP contribution in [0.3, 0.4) is 0 Å². The molecule has 1 atom stereocenters. The van der Waals surface area contributed by atoms with Crippen LogP contribution in [0, 0.1) is 0 Å². The average Bonchev–Trinajstić information content (AvgIpc) is 3.43. The number of hydrogen-bond acceptors (Lipinski definition) is 7. The van der Waals surface area contributed by atoms with Gasteiger partial charge in [0.2, 0.25) is 0 Å². The first-order valence-electron chi connectivity index (χ1n) is 11.8. The molecule has 1 N–H and O–H groups in total. The number of rotatable bonds is 9. The average molecular weight is 493 g/mol. The van der Waals surface area contributed by atoms with Crippen molar-refractivity contribution >= 4 is 23.5 Å². The van der Waals surface area contributed by atoms with E-state index in [1.54, 1.807) is 30.3 Å². The summed E-state index contributed by atoms with van der Waals surface area (Å²) in [7, 11) is 0. The number of fused-ring (bicyclic) bond motifs is 1. The first kappa shape index (κ1) is 24.8. The molecule has 1 unspecified atom stereocenters. The summed E-state index contributed by atoms with van der Waals surface area (Å²) < 4.78 is 21.7. The highest BCUT2D eigenvalue weighted by molar-refractivity contribution is 5.96. The molecule has 0 bridgehead atoms. The van der Waals surface area contributed by atoms with E-state index in [0.29, 0.717) is 30.4 Å². The lowest BCUT2D eigenvalue weighted by Crippen LogP contribution is -2.49. The lowest BCUT2D eigenvalue weighted by atomic mass is 9.93. The minimum Gasteiger partial charge on any atom is -0.490 e. The van der Waals surface area contributed by atoms with Gasteiger partial charge in [0.25, 0.3) is 11.8 Å². The summed E-state index contributed by atoms with van der Waals surface area (Å²) in [6.07, 6.45) is 1.68. The number of esters is 1. The summed E-state index contributed by atoms with van der Waals surface area (Å²) in [5.41, 5.74) is 2.37. The van der Waals surface area contributed by atoms with Gasteiger partial charge in [-0.15, -0.1) is 0 Å². The van der Waals surface area contributed by atoms with E-state index in [1.807, 2.05) is 38.1 Å². The number of amides is 2. The van der Waals surface area contributed by atoms with Crippen molar-refractivity contribution in [2.45, 2.75) is 32.9 Å². The monoisotopic (exact) mass is 492 g/mol. The van der Waals surface area contributed by atoms with Crippen LogP contribution in [0.4, 0.5) is 5.69 Å². The van der Waals surface area contributed by atoms with E-state index in [-0.39, 0.29) is 18.7 Å². The Morgan fingerprint density at radius 2 is 1.72 bits per heavy atom. The number of anilines is 1. The van der Waals surface area contributed by atoms with E-state index < -0.39 is 30.4 Å². The molecule has 0 aliphatic carbocycles. The van der Waals surface area contributed by atoms with Crippen molar-refractivity contribution in [3.05, 3.63) is 77.7 Å². The fraction of sp³-hybridized carbons (Fsp3) is 0.296. The molecule has 1 aliphatic rings. The van der Waals surface area contributed by atoms with Crippen molar-refractivity contribution in [3.8, 4) is 11.5 Å². The van der Waals surface area contributed by atoms with E-state index in [9.17, 15) is 14.4 Å². The van der Waals surface area contributed by atoms with Gasteiger partial charge in [0, 0.05) is 24.7 Å². The summed E-state index contributed by atoms with van der Waals surface area (Å²) in [6, 6.07) is 14.9. The van der Waals surface area contributed by atoms with E-state index in [2.05, 4.69) is 5.32 Å². The summed E-state index contributed by atoms with van der Waals surface area (Å²) >= 11 is 0. The molecule has 9 nitrogen and oxygen atoms in total. The third-order valence-electron chi connectivity index (χ3n) is 5.69. The van der Waals surface area contributed by atoms with E-state index in [0.717, 1.165) is 11.1 Å². The van der Waals surface area contributed by atoms with Crippen molar-refractivity contribution in [3.63, 3.8) is 0 Å². The van der Waals surface area contributed by atoms with Gasteiger partial charge in [-0.05, 0) is 49.2 Å². The maximum Gasteiger partial charge on any atom is 0.329 e. The van der Waals surface area contributed by atoms with Crippen molar-refractivity contribution < 1.29 is 33.0 Å². The van der Waals surface area contributed by atoms with Gasteiger partial charge in [0.15, 0.2) is 23.9 Å². The van der Waals surface area contributed by atoms with Crippen LogP contribution in [0.25, 0.3) is 0 Å². The fourth-order valence-electron chi connectivity index (χ4n) is 4.05. The molecule has 2 aromatic carbocycles. The van der Waals surface area contributed by atoms with Gasteiger partial charge in [0.05, 0.1) is 19.5 Å². The molecule has 0 fully saturated rings. The normalized spacial score (nSPS) is 14.5. The zero-order valence-corrected chi connectivity index (χ0v) is 20.2. The minimum atomic E-state index is -0.889. The number of nitrogens with one attached hydrogen (secondary N) is 1. The Bertz CT molecular complexity index is 1220. The zero-order chi connectivity index (χ0) is 25.5. The Morgan fingerprint density at radius 1 is 0.972 bits per heavy atom. The van der Waals surface area contributed by atoms with Gasteiger partial charge < -0.3 is 28.8 Å². The molecule has 36 heavy (non-hydrogen) atoms. The first-order chi connectivity index (χ1) is 17.5. The number of benzene rings is 2. The van der Waals surface area contributed by atoms with Crippen LogP contribution in [0.15, 0.2) is 65.3 Å². The topological polar surface area (TPSA) is 107 Å². The van der Waals surface area contributed by atoms with Crippen molar-refractivity contribution in [2.75, 3.05) is 25.1 Å². The second-order valence-electron chi connectivity index (χ2n) is 8.08. The van der Waals surface area contributed by atoms with Crippen LogP contribution >= 0.6 is 0 Å². The third-order valence-corrected chi connectivity index (χ3v) is 5.69. The SMILES string of the molecule is CCOc1ccc(NC(=O)COC(=O)C2Cc3ccccc3CN2C(=O)c2ccco2)cc1OCC. The Morgan fingerprint density at radius 3 is 2.44 bits per heavy atom. The Balaban J connectivity index is 1.42. The van der Waals surface area contributed by atoms with Gasteiger partial charge in [-0.25, -0.2) is 4.79 Å². The maximum absolute atomic E-state index is 13.0. The molecule has 1 aliphatic heterocycles. The number of furan rings is 1. The molecule has 0 saturated carbocycles. The molecule has 188 valence electrons. The summed E-state index contributed by atoms with van der Waals surface area (Å²) in [6.45, 7) is 4.36.